The predicted molar refractivity (Wildman–Crippen MR) is 69.6 cm³/mol. The van der Waals surface area contributed by atoms with Crippen molar-refractivity contribution in [1.29, 1.82) is 0 Å². The van der Waals surface area contributed by atoms with Crippen LogP contribution in [0, 0.1) is 0 Å². The second-order valence-electron chi connectivity index (χ2n) is 3.80. The molecule has 6 nitrogen and oxygen atoms in total. The van der Waals surface area contributed by atoms with Crippen LogP contribution in [-0.2, 0) is 9.47 Å². The molecule has 0 aliphatic heterocycles. The first kappa shape index (κ1) is 14.2. The smallest absolute Gasteiger partial charge is 0.341 e. The van der Waals surface area contributed by atoms with E-state index < -0.39 is 5.97 Å². The topological polar surface area (TPSA) is 86.5 Å². The number of carbonyl (C=O) groups excluding carboxylic acids is 1. The first-order valence-electron chi connectivity index (χ1n) is 5.77. The number of anilines is 2. The highest BCUT2D eigenvalue weighted by molar-refractivity contribution is 5.95. The van der Waals surface area contributed by atoms with Crippen molar-refractivity contribution in [2.24, 2.45) is 0 Å². The summed E-state index contributed by atoms with van der Waals surface area (Å²) >= 11 is 0. The number of nitrogens with two attached hydrogens (primary N) is 1. The molecule has 0 aliphatic carbocycles. The molecule has 1 atom stereocenters. The molecule has 0 spiro atoms. The summed E-state index contributed by atoms with van der Waals surface area (Å²) in [5.41, 5.74) is 6.34. The van der Waals surface area contributed by atoms with Gasteiger partial charge in [-0.2, -0.15) is 0 Å². The van der Waals surface area contributed by atoms with Gasteiger partial charge in [-0.05, 0) is 19.9 Å². The zero-order valence-electron chi connectivity index (χ0n) is 10.9. The van der Waals surface area contributed by atoms with E-state index in [0.717, 1.165) is 0 Å². The molecule has 0 amide bonds. The Hall–Kier alpha value is -1.82. The van der Waals surface area contributed by atoms with Crippen LogP contribution in [0.1, 0.15) is 24.2 Å². The lowest BCUT2D eigenvalue weighted by Crippen LogP contribution is -2.21. The fourth-order valence-electron chi connectivity index (χ4n) is 1.47. The molecule has 1 unspecified atom stereocenters. The second kappa shape index (κ2) is 6.80. The van der Waals surface area contributed by atoms with Gasteiger partial charge in [-0.25, -0.2) is 9.78 Å². The maximum absolute atomic E-state index is 11.6. The number of nitrogen functional groups attached to an aromatic ring is 1. The van der Waals surface area contributed by atoms with E-state index in [2.05, 4.69) is 15.0 Å². The minimum Gasteiger partial charge on any atom is -0.465 e. The number of hydrogen-bond acceptors (Lipinski definition) is 6. The monoisotopic (exact) mass is 253 g/mol. The van der Waals surface area contributed by atoms with Gasteiger partial charge in [0.25, 0.3) is 0 Å². The van der Waals surface area contributed by atoms with E-state index in [0.29, 0.717) is 30.2 Å². The minimum absolute atomic E-state index is 0.0276. The molecule has 3 N–H and O–H groups in total. The summed E-state index contributed by atoms with van der Waals surface area (Å²) in [6, 6.07) is 1.53. The highest BCUT2D eigenvalue weighted by Gasteiger charge is 2.14. The number of pyridine rings is 1. The lowest BCUT2D eigenvalue weighted by Gasteiger charge is -2.14. The molecule has 1 aromatic heterocycles. The van der Waals surface area contributed by atoms with E-state index in [9.17, 15) is 4.79 Å². The maximum atomic E-state index is 11.6. The Kier molecular flexibility index (Phi) is 5.38. The number of nitrogens with zero attached hydrogens (tertiary/aromatic N) is 1. The van der Waals surface area contributed by atoms with Crippen molar-refractivity contribution in [3.8, 4) is 0 Å². The van der Waals surface area contributed by atoms with Gasteiger partial charge in [0, 0.05) is 13.2 Å². The fraction of sp³-hybridized carbons (Fsp3) is 0.500. The maximum Gasteiger partial charge on any atom is 0.341 e. The molecule has 1 heterocycles. The first-order chi connectivity index (χ1) is 8.58. The summed E-state index contributed by atoms with van der Waals surface area (Å²) < 4.78 is 10.1. The number of ether oxygens (including phenoxy) is 2. The summed E-state index contributed by atoms with van der Waals surface area (Å²) in [6.07, 6.45) is 1.51. The van der Waals surface area contributed by atoms with Crippen LogP contribution in [0.15, 0.2) is 12.3 Å². The highest BCUT2D eigenvalue weighted by Crippen LogP contribution is 2.16. The number of hydrogen-bond donors (Lipinski definition) is 2. The van der Waals surface area contributed by atoms with E-state index in [1.807, 2.05) is 13.8 Å². The third-order valence-corrected chi connectivity index (χ3v) is 2.32. The van der Waals surface area contributed by atoms with E-state index in [-0.39, 0.29) is 6.10 Å². The lowest BCUT2D eigenvalue weighted by atomic mass is 10.2. The average Bonchev–Trinajstić information content (AvgIpc) is 2.36. The normalized spacial score (nSPS) is 11.9. The first-order valence-corrected chi connectivity index (χ1v) is 5.77. The summed E-state index contributed by atoms with van der Waals surface area (Å²) in [4.78, 5) is 15.7. The van der Waals surface area contributed by atoms with E-state index in [1.165, 1.54) is 19.4 Å². The summed E-state index contributed by atoms with van der Waals surface area (Å²) in [7, 11) is 1.32. The van der Waals surface area contributed by atoms with Crippen LogP contribution in [0.4, 0.5) is 11.5 Å². The van der Waals surface area contributed by atoms with Crippen molar-refractivity contribution in [2.75, 3.05) is 31.3 Å². The van der Waals surface area contributed by atoms with Gasteiger partial charge < -0.3 is 20.5 Å². The third-order valence-electron chi connectivity index (χ3n) is 2.32. The van der Waals surface area contributed by atoms with Gasteiger partial charge in [0.15, 0.2) is 0 Å². The number of carbonyl (C=O) groups is 1. The number of methoxy groups -OCH3 is 1. The predicted octanol–water partition coefficient (Wildman–Crippen LogP) is 1.29. The van der Waals surface area contributed by atoms with Crippen molar-refractivity contribution in [3.05, 3.63) is 17.8 Å². The molecule has 1 aromatic rings. The van der Waals surface area contributed by atoms with Gasteiger partial charge in [0.05, 0.1) is 25.1 Å². The molecule has 0 aliphatic rings. The Balaban J connectivity index is 2.78. The molecule has 0 fully saturated rings. The molecular weight excluding hydrogens is 234 g/mol. The molecule has 1 rings (SSSR count). The number of esters is 1. The molecule has 0 bridgehead atoms. The largest absolute Gasteiger partial charge is 0.465 e. The van der Waals surface area contributed by atoms with Crippen LogP contribution in [-0.4, -0.2) is 37.3 Å². The van der Waals surface area contributed by atoms with Crippen molar-refractivity contribution < 1.29 is 14.3 Å². The number of rotatable bonds is 6. The molecule has 0 saturated heterocycles. The van der Waals surface area contributed by atoms with Crippen LogP contribution >= 0.6 is 0 Å². The second-order valence-corrected chi connectivity index (χ2v) is 3.80. The van der Waals surface area contributed by atoms with Crippen LogP contribution in [0.5, 0.6) is 0 Å². The van der Waals surface area contributed by atoms with Crippen molar-refractivity contribution in [1.82, 2.24) is 4.98 Å². The number of nitrogens with one attached hydrogen (secondary N) is 1. The van der Waals surface area contributed by atoms with E-state index in [4.69, 9.17) is 10.5 Å². The van der Waals surface area contributed by atoms with Crippen molar-refractivity contribution in [2.45, 2.75) is 20.0 Å². The minimum atomic E-state index is -0.471. The molecule has 0 aromatic carbocycles. The third kappa shape index (κ3) is 3.89. The van der Waals surface area contributed by atoms with Crippen LogP contribution < -0.4 is 11.1 Å². The van der Waals surface area contributed by atoms with Crippen LogP contribution in [0.3, 0.4) is 0 Å². The van der Waals surface area contributed by atoms with Gasteiger partial charge in [0.2, 0.25) is 0 Å². The van der Waals surface area contributed by atoms with Crippen LogP contribution in [0.2, 0.25) is 0 Å². The zero-order valence-corrected chi connectivity index (χ0v) is 10.9. The van der Waals surface area contributed by atoms with E-state index in [1.54, 1.807) is 0 Å². The van der Waals surface area contributed by atoms with Gasteiger partial charge >= 0.3 is 5.97 Å². The Morgan fingerprint density at radius 1 is 1.61 bits per heavy atom. The summed E-state index contributed by atoms with van der Waals surface area (Å²) in [6.45, 7) is 5.06. The SMILES string of the molecule is CCOC(C)CNc1ncc(N)cc1C(=O)OC. The van der Waals surface area contributed by atoms with Gasteiger partial charge in [0.1, 0.15) is 11.4 Å². The standard InChI is InChI=1S/C12H19N3O3/c1-4-18-8(2)6-14-11-10(12(16)17-3)5-9(13)7-15-11/h5,7-8H,4,6,13H2,1-3H3,(H,14,15). The highest BCUT2D eigenvalue weighted by atomic mass is 16.5. The van der Waals surface area contributed by atoms with Gasteiger partial charge in [-0.15, -0.1) is 0 Å². The molecule has 6 heteroatoms. The fourth-order valence-corrected chi connectivity index (χ4v) is 1.47. The molecule has 0 radical (unpaired) electrons. The van der Waals surface area contributed by atoms with Gasteiger partial charge in [-0.1, -0.05) is 0 Å². The summed E-state index contributed by atoms with van der Waals surface area (Å²) in [5, 5.41) is 3.05. The molecule has 18 heavy (non-hydrogen) atoms. The Labute approximate surface area is 106 Å². The molecule has 0 saturated carbocycles. The van der Waals surface area contributed by atoms with Gasteiger partial charge in [-0.3, -0.25) is 0 Å². The Bertz CT molecular complexity index is 410. The van der Waals surface area contributed by atoms with Crippen molar-refractivity contribution in [3.63, 3.8) is 0 Å². The Morgan fingerprint density at radius 2 is 2.33 bits per heavy atom. The molecular formula is C12H19N3O3. The Morgan fingerprint density at radius 3 is 2.94 bits per heavy atom. The lowest BCUT2D eigenvalue weighted by molar-refractivity contribution is 0.0600. The quantitative estimate of drug-likeness (QED) is 0.743. The van der Waals surface area contributed by atoms with E-state index >= 15 is 0 Å². The summed E-state index contributed by atoms with van der Waals surface area (Å²) in [5.74, 6) is -0.0241. The van der Waals surface area contributed by atoms with Crippen LogP contribution in [0.25, 0.3) is 0 Å². The number of aromatic nitrogens is 1. The van der Waals surface area contributed by atoms with Crippen molar-refractivity contribution >= 4 is 17.5 Å². The molecule has 100 valence electrons. The zero-order chi connectivity index (χ0) is 13.5. The average molecular weight is 253 g/mol.